The van der Waals surface area contributed by atoms with E-state index in [1.807, 2.05) is 6.92 Å². The Labute approximate surface area is 114 Å². The summed E-state index contributed by atoms with van der Waals surface area (Å²) in [5.74, 6) is 0.477. The van der Waals surface area contributed by atoms with E-state index in [9.17, 15) is 13.2 Å². The van der Waals surface area contributed by atoms with Crippen LogP contribution in [-0.4, -0.2) is 11.5 Å². The standard InChI is InChI=1S/C14H15F3N2O/c1-3-19-12(13-9(2)5-7-20-13)10-8-18-6-4-11(10)14(15,16)17/h4-8,12,19H,3H2,1-2H3. The maximum absolute atomic E-state index is 13.1. The average Bonchev–Trinajstić information content (AvgIpc) is 2.81. The van der Waals surface area contributed by atoms with Crippen LogP contribution in [0.1, 0.15) is 35.4 Å². The number of rotatable bonds is 4. The minimum atomic E-state index is -4.42. The van der Waals surface area contributed by atoms with Crippen molar-refractivity contribution >= 4 is 0 Å². The molecule has 1 N–H and O–H groups in total. The number of hydrogen-bond donors (Lipinski definition) is 1. The molecule has 0 spiro atoms. The number of nitrogens with zero attached hydrogens (tertiary/aromatic N) is 1. The van der Waals surface area contributed by atoms with Crippen LogP contribution < -0.4 is 5.32 Å². The number of furan rings is 1. The van der Waals surface area contributed by atoms with E-state index in [2.05, 4.69) is 10.3 Å². The quantitative estimate of drug-likeness (QED) is 0.930. The van der Waals surface area contributed by atoms with Crippen LogP contribution >= 0.6 is 0 Å². The highest BCUT2D eigenvalue weighted by atomic mass is 19.4. The van der Waals surface area contributed by atoms with Gasteiger partial charge in [-0.2, -0.15) is 13.2 Å². The van der Waals surface area contributed by atoms with Gasteiger partial charge in [-0.25, -0.2) is 0 Å². The maximum atomic E-state index is 13.1. The third-order valence-corrected chi connectivity index (χ3v) is 3.04. The predicted molar refractivity (Wildman–Crippen MR) is 68.2 cm³/mol. The largest absolute Gasteiger partial charge is 0.467 e. The van der Waals surface area contributed by atoms with Crippen molar-refractivity contribution in [2.24, 2.45) is 0 Å². The normalized spacial score (nSPS) is 13.4. The smallest absolute Gasteiger partial charge is 0.416 e. The Balaban J connectivity index is 2.54. The molecule has 2 aromatic heterocycles. The predicted octanol–water partition coefficient (Wildman–Crippen LogP) is 3.70. The van der Waals surface area contributed by atoms with Crippen LogP contribution in [0.3, 0.4) is 0 Å². The highest BCUT2D eigenvalue weighted by Gasteiger charge is 2.36. The molecule has 0 fully saturated rings. The van der Waals surface area contributed by atoms with Gasteiger partial charge in [0.1, 0.15) is 5.76 Å². The van der Waals surface area contributed by atoms with Crippen molar-refractivity contribution in [1.82, 2.24) is 10.3 Å². The van der Waals surface area contributed by atoms with Crippen molar-refractivity contribution < 1.29 is 17.6 Å². The number of hydrogen-bond acceptors (Lipinski definition) is 3. The highest BCUT2D eigenvalue weighted by molar-refractivity contribution is 5.36. The van der Waals surface area contributed by atoms with E-state index < -0.39 is 17.8 Å². The second-order valence-electron chi connectivity index (χ2n) is 4.42. The molecule has 0 aliphatic carbocycles. The molecule has 3 nitrogen and oxygen atoms in total. The Bertz CT molecular complexity index is 578. The van der Waals surface area contributed by atoms with Gasteiger partial charge in [0.25, 0.3) is 0 Å². The van der Waals surface area contributed by atoms with Gasteiger partial charge in [0.05, 0.1) is 17.9 Å². The zero-order chi connectivity index (χ0) is 14.8. The van der Waals surface area contributed by atoms with E-state index in [4.69, 9.17) is 4.42 Å². The van der Waals surface area contributed by atoms with Crippen molar-refractivity contribution in [2.45, 2.75) is 26.1 Å². The molecule has 0 saturated heterocycles. The van der Waals surface area contributed by atoms with Gasteiger partial charge in [0.15, 0.2) is 0 Å². The Morgan fingerprint density at radius 3 is 2.65 bits per heavy atom. The second-order valence-corrected chi connectivity index (χ2v) is 4.42. The van der Waals surface area contributed by atoms with Gasteiger partial charge in [0.2, 0.25) is 0 Å². The van der Waals surface area contributed by atoms with Gasteiger partial charge in [-0.1, -0.05) is 6.92 Å². The van der Waals surface area contributed by atoms with Crippen LogP contribution in [0.25, 0.3) is 0 Å². The van der Waals surface area contributed by atoms with Crippen molar-refractivity contribution in [3.8, 4) is 0 Å². The fourth-order valence-corrected chi connectivity index (χ4v) is 2.12. The molecule has 1 unspecified atom stereocenters. The first kappa shape index (κ1) is 14.6. The number of halogens is 3. The zero-order valence-corrected chi connectivity index (χ0v) is 11.2. The molecular weight excluding hydrogens is 269 g/mol. The SMILES string of the molecule is CCNC(c1cnccc1C(F)(F)F)c1occc1C. The Hall–Kier alpha value is -1.82. The van der Waals surface area contributed by atoms with Crippen LogP contribution in [0.4, 0.5) is 13.2 Å². The summed E-state index contributed by atoms with van der Waals surface area (Å²) in [6.07, 6.45) is -0.576. The summed E-state index contributed by atoms with van der Waals surface area (Å²) in [5.41, 5.74) is 0.169. The summed E-state index contributed by atoms with van der Waals surface area (Å²) in [6.45, 7) is 4.14. The number of aryl methyl sites for hydroxylation is 1. The lowest BCUT2D eigenvalue weighted by atomic mass is 9.98. The molecular formula is C14H15F3N2O. The maximum Gasteiger partial charge on any atom is 0.416 e. The molecule has 0 radical (unpaired) electrons. The summed E-state index contributed by atoms with van der Waals surface area (Å²) < 4.78 is 44.7. The van der Waals surface area contributed by atoms with Gasteiger partial charge >= 0.3 is 6.18 Å². The number of pyridine rings is 1. The van der Waals surface area contributed by atoms with Crippen LogP contribution in [0, 0.1) is 6.92 Å². The van der Waals surface area contributed by atoms with Crippen LogP contribution in [-0.2, 0) is 6.18 Å². The molecule has 0 saturated carbocycles. The number of alkyl halides is 3. The molecule has 0 aliphatic rings. The summed E-state index contributed by atoms with van der Waals surface area (Å²) in [6, 6.07) is 2.04. The number of aromatic nitrogens is 1. The molecule has 0 aromatic carbocycles. The van der Waals surface area contributed by atoms with Gasteiger partial charge in [-0.05, 0) is 31.2 Å². The van der Waals surface area contributed by atoms with Gasteiger partial charge in [0, 0.05) is 18.0 Å². The molecule has 2 heterocycles. The minimum absolute atomic E-state index is 0.0694. The lowest BCUT2D eigenvalue weighted by Crippen LogP contribution is -2.25. The summed E-state index contributed by atoms with van der Waals surface area (Å²) >= 11 is 0. The number of nitrogens with one attached hydrogen (secondary N) is 1. The Morgan fingerprint density at radius 2 is 2.10 bits per heavy atom. The fourth-order valence-electron chi connectivity index (χ4n) is 2.12. The third-order valence-electron chi connectivity index (χ3n) is 3.04. The van der Waals surface area contributed by atoms with E-state index in [0.29, 0.717) is 12.3 Å². The molecule has 20 heavy (non-hydrogen) atoms. The Kier molecular flexibility index (Phi) is 4.13. The molecule has 108 valence electrons. The van der Waals surface area contributed by atoms with Crippen LogP contribution in [0.2, 0.25) is 0 Å². The van der Waals surface area contributed by atoms with E-state index in [-0.39, 0.29) is 5.56 Å². The highest BCUT2D eigenvalue weighted by Crippen LogP contribution is 2.36. The second kappa shape index (κ2) is 5.66. The lowest BCUT2D eigenvalue weighted by Gasteiger charge is -2.21. The first-order valence-corrected chi connectivity index (χ1v) is 6.23. The molecule has 6 heteroatoms. The van der Waals surface area contributed by atoms with Crippen molar-refractivity contribution in [2.75, 3.05) is 6.54 Å². The average molecular weight is 284 g/mol. The van der Waals surface area contributed by atoms with Crippen molar-refractivity contribution in [1.29, 1.82) is 0 Å². The molecule has 0 amide bonds. The fraction of sp³-hybridized carbons (Fsp3) is 0.357. The van der Waals surface area contributed by atoms with E-state index in [0.717, 1.165) is 17.8 Å². The van der Waals surface area contributed by atoms with Crippen molar-refractivity contribution in [3.05, 3.63) is 53.2 Å². The van der Waals surface area contributed by atoms with Crippen LogP contribution in [0.15, 0.2) is 35.2 Å². The molecule has 0 aliphatic heterocycles. The van der Waals surface area contributed by atoms with E-state index in [1.165, 1.54) is 12.5 Å². The summed E-state index contributed by atoms with van der Waals surface area (Å²) in [4.78, 5) is 3.82. The van der Waals surface area contributed by atoms with Crippen LogP contribution in [0.5, 0.6) is 0 Å². The van der Waals surface area contributed by atoms with Gasteiger partial charge < -0.3 is 9.73 Å². The van der Waals surface area contributed by atoms with Gasteiger partial charge in [-0.15, -0.1) is 0 Å². The molecule has 0 bridgehead atoms. The zero-order valence-electron chi connectivity index (χ0n) is 11.2. The lowest BCUT2D eigenvalue weighted by molar-refractivity contribution is -0.138. The van der Waals surface area contributed by atoms with Gasteiger partial charge in [-0.3, -0.25) is 4.98 Å². The van der Waals surface area contributed by atoms with Crippen molar-refractivity contribution in [3.63, 3.8) is 0 Å². The Morgan fingerprint density at radius 1 is 1.35 bits per heavy atom. The van der Waals surface area contributed by atoms with E-state index in [1.54, 1.807) is 13.0 Å². The summed E-state index contributed by atoms with van der Waals surface area (Å²) in [7, 11) is 0. The monoisotopic (exact) mass is 284 g/mol. The third kappa shape index (κ3) is 2.85. The first-order chi connectivity index (χ1) is 9.45. The molecule has 1 atom stereocenters. The summed E-state index contributed by atoms with van der Waals surface area (Å²) in [5, 5.41) is 3.02. The first-order valence-electron chi connectivity index (χ1n) is 6.23. The minimum Gasteiger partial charge on any atom is -0.467 e. The topological polar surface area (TPSA) is 38.1 Å². The molecule has 2 rings (SSSR count). The van der Waals surface area contributed by atoms with E-state index >= 15 is 0 Å². The molecule has 2 aromatic rings.